The average Bonchev–Trinajstić information content (AvgIpc) is 2.79. The second-order valence-corrected chi connectivity index (χ2v) is 7.50. The third-order valence-electron chi connectivity index (χ3n) is 5.35. The number of carbonyl (C=O) groups is 1. The highest BCUT2D eigenvalue weighted by molar-refractivity contribution is 5.92. The third kappa shape index (κ3) is 4.46. The van der Waals surface area contributed by atoms with Crippen molar-refractivity contribution in [2.75, 3.05) is 18.8 Å². The second-order valence-electron chi connectivity index (χ2n) is 7.50. The lowest BCUT2D eigenvalue weighted by Gasteiger charge is -2.33. The maximum Gasteiger partial charge on any atom is 0.416 e. The molecule has 11 heteroatoms. The van der Waals surface area contributed by atoms with E-state index in [1.165, 1.54) is 30.5 Å². The number of amides is 1. The molecule has 4 rings (SSSR count). The van der Waals surface area contributed by atoms with Crippen LogP contribution in [0.5, 0.6) is 0 Å². The number of benzene rings is 1. The van der Waals surface area contributed by atoms with E-state index in [1.54, 1.807) is 4.90 Å². The molecule has 8 nitrogen and oxygen atoms in total. The van der Waals surface area contributed by atoms with Crippen LogP contribution in [0.25, 0.3) is 11.1 Å². The van der Waals surface area contributed by atoms with Gasteiger partial charge in [-0.05, 0) is 36.6 Å². The maximum atomic E-state index is 12.9. The van der Waals surface area contributed by atoms with E-state index in [4.69, 9.17) is 5.73 Å². The van der Waals surface area contributed by atoms with Crippen LogP contribution in [0.3, 0.4) is 0 Å². The van der Waals surface area contributed by atoms with Crippen LogP contribution in [0.4, 0.5) is 19.1 Å². The van der Waals surface area contributed by atoms with Crippen LogP contribution in [0.1, 0.15) is 40.5 Å². The van der Waals surface area contributed by atoms with E-state index in [1.807, 2.05) is 0 Å². The summed E-state index contributed by atoms with van der Waals surface area (Å²) in [6.45, 7) is 0.829. The van der Waals surface area contributed by atoms with E-state index in [2.05, 4.69) is 20.2 Å². The number of halogens is 3. The zero-order chi connectivity index (χ0) is 22.9. The van der Waals surface area contributed by atoms with Gasteiger partial charge in [0.25, 0.3) is 11.5 Å². The summed E-state index contributed by atoms with van der Waals surface area (Å²) < 4.78 is 38.8. The minimum atomic E-state index is -4.43. The number of nitrogens with one attached hydrogen (secondary N) is 1. The first-order valence-corrected chi connectivity index (χ1v) is 9.87. The van der Waals surface area contributed by atoms with Crippen LogP contribution in [-0.2, 0) is 6.18 Å². The molecule has 166 valence electrons. The van der Waals surface area contributed by atoms with Crippen molar-refractivity contribution in [2.24, 2.45) is 0 Å². The van der Waals surface area contributed by atoms with Crippen LogP contribution in [-0.4, -0.2) is 44.1 Å². The fraction of sp³-hybridized carbons (Fsp3) is 0.286. The Morgan fingerprint density at radius 1 is 1.16 bits per heavy atom. The molecule has 1 saturated heterocycles. The number of nitrogen functional groups attached to an aromatic ring is 1. The summed E-state index contributed by atoms with van der Waals surface area (Å²) in [5.74, 6) is -0.483. The average molecular weight is 444 g/mol. The van der Waals surface area contributed by atoms with Gasteiger partial charge in [0.1, 0.15) is 5.69 Å². The highest BCUT2D eigenvalue weighted by atomic mass is 19.4. The highest BCUT2D eigenvalue weighted by Crippen LogP contribution is 2.35. The number of likely N-dealkylation sites (tertiary alicyclic amines) is 1. The fourth-order valence-corrected chi connectivity index (χ4v) is 3.79. The van der Waals surface area contributed by atoms with Crippen molar-refractivity contribution in [3.05, 3.63) is 69.9 Å². The molecule has 2 aromatic heterocycles. The molecule has 1 aromatic carbocycles. The normalized spacial score (nSPS) is 16.7. The number of nitrogens with two attached hydrogens (primary N) is 1. The molecule has 3 N–H and O–H groups in total. The molecule has 1 aliphatic heterocycles. The Morgan fingerprint density at radius 3 is 2.56 bits per heavy atom. The third-order valence-corrected chi connectivity index (χ3v) is 5.35. The number of alkyl halides is 3. The lowest BCUT2D eigenvalue weighted by Crippen LogP contribution is -2.40. The quantitative estimate of drug-likeness (QED) is 0.642. The summed E-state index contributed by atoms with van der Waals surface area (Å²) in [6.07, 6.45) is -1.54. The predicted octanol–water partition coefficient (Wildman–Crippen LogP) is 2.85. The molecule has 0 bridgehead atoms. The zero-order valence-corrected chi connectivity index (χ0v) is 16.8. The van der Waals surface area contributed by atoms with Crippen molar-refractivity contribution in [1.82, 2.24) is 25.1 Å². The molecular formula is C21H19F3N6O2. The van der Waals surface area contributed by atoms with Crippen molar-refractivity contribution in [1.29, 1.82) is 0 Å². The summed E-state index contributed by atoms with van der Waals surface area (Å²) in [5, 5.41) is 6.04. The van der Waals surface area contributed by atoms with Gasteiger partial charge in [0, 0.05) is 36.8 Å². The number of carbonyl (C=O) groups excluding carboxylic acids is 1. The van der Waals surface area contributed by atoms with Gasteiger partial charge in [-0.2, -0.15) is 18.3 Å². The van der Waals surface area contributed by atoms with Crippen molar-refractivity contribution < 1.29 is 18.0 Å². The van der Waals surface area contributed by atoms with Gasteiger partial charge in [-0.3, -0.25) is 9.59 Å². The predicted molar refractivity (Wildman–Crippen MR) is 110 cm³/mol. The number of aromatic amines is 1. The van der Waals surface area contributed by atoms with E-state index in [9.17, 15) is 22.8 Å². The van der Waals surface area contributed by atoms with Crippen LogP contribution in [0.15, 0.2) is 47.4 Å². The van der Waals surface area contributed by atoms with E-state index >= 15 is 0 Å². The molecule has 1 amide bonds. The molecule has 1 atom stereocenters. The Balaban J connectivity index is 1.63. The Bertz CT molecular complexity index is 1170. The monoisotopic (exact) mass is 444 g/mol. The lowest BCUT2D eigenvalue weighted by molar-refractivity contribution is -0.137. The summed E-state index contributed by atoms with van der Waals surface area (Å²) in [7, 11) is 0. The lowest BCUT2D eigenvalue weighted by atomic mass is 9.89. The van der Waals surface area contributed by atoms with Gasteiger partial charge in [-0.1, -0.05) is 12.1 Å². The minimum absolute atomic E-state index is 0.0430. The van der Waals surface area contributed by atoms with Crippen LogP contribution in [0, 0.1) is 0 Å². The number of aromatic nitrogens is 4. The van der Waals surface area contributed by atoms with Crippen LogP contribution in [0.2, 0.25) is 0 Å². The zero-order valence-electron chi connectivity index (χ0n) is 16.8. The van der Waals surface area contributed by atoms with E-state index < -0.39 is 17.3 Å². The summed E-state index contributed by atoms with van der Waals surface area (Å²) in [5.41, 5.74) is 6.43. The number of piperidine rings is 1. The largest absolute Gasteiger partial charge is 0.416 e. The first kappa shape index (κ1) is 21.5. The van der Waals surface area contributed by atoms with E-state index in [0.717, 1.165) is 12.1 Å². The van der Waals surface area contributed by atoms with Gasteiger partial charge in [0.2, 0.25) is 5.95 Å². The fourth-order valence-electron chi connectivity index (χ4n) is 3.79. The molecule has 3 aromatic rings. The maximum absolute atomic E-state index is 12.9. The summed E-state index contributed by atoms with van der Waals surface area (Å²) >= 11 is 0. The van der Waals surface area contributed by atoms with Crippen molar-refractivity contribution >= 4 is 11.9 Å². The Labute approximate surface area is 180 Å². The summed E-state index contributed by atoms with van der Waals surface area (Å²) in [4.78, 5) is 34.0. The van der Waals surface area contributed by atoms with Gasteiger partial charge in [0.15, 0.2) is 0 Å². The summed E-state index contributed by atoms with van der Waals surface area (Å²) in [6, 6.07) is 7.35. The Morgan fingerprint density at radius 2 is 1.91 bits per heavy atom. The number of hydrogen-bond acceptors (Lipinski definition) is 6. The molecular weight excluding hydrogens is 425 g/mol. The van der Waals surface area contributed by atoms with E-state index in [-0.39, 0.29) is 23.5 Å². The molecule has 3 heterocycles. The molecule has 0 radical (unpaired) electrons. The highest BCUT2D eigenvalue weighted by Gasteiger charge is 2.31. The van der Waals surface area contributed by atoms with Gasteiger partial charge >= 0.3 is 6.18 Å². The second kappa shape index (κ2) is 8.40. The van der Waals surface area contributed by atoms with Gasteiger partial charge < -0.3 is 10.6 Å². The number of nitrogens with zero attached hydrogens (tertiary/aromatic N) is 4. The molecule has 1 fully saturated rings. The SMILES string of the molecule is Nc1ncc(-c2ccc(C(F)(F)F)cc2)c([C@@H]2CCCN(C(=O)c3ccc(=O)[nH]n3)C2)n1. The van der Waals surface area contributed by atoms with Crippen LogP contribution < -0.4 is 11.3 Å². The van der Waals surface area contributed by atoms with Crippen molar-refractivity contribution in [3.8, 4) is 11.1 Å². The molecule has 0 saturated carbocycles. The smallest absolute Gasteiger partial charge is 0.368 e. The van der Waals surface area contributed by atoms with Gasteiger partial charge in [-0.15, -0.1) is 0 Å². The topological polar surface area (TPSA) is 118 Å². The molecule has 0 aliphatic carbocycles. The number of hydrogen-bond donors (Lipinski definition) is 2. The molecule has 0 unspecified atom stereocenters. The van der Waals surface area contributed by atoms with Gasteiger partial charge in [-0.25, -0.2) is 15.1 Å². The first-order chi connectivity index (χ1) is 15.2. The molecule has 0 spiro atoms. The van der Waals surface area contributed by atoms with Crippen LogP contribution >= 0.6 is 0 Å². The Hall–Kier alpha value is -3.76. The van der Waals surface area contributed by atoms with Crippen molar-refractivity contribution in [2.45, 2.75) is 24.9 Å². The minimum Gasteiger partial charge on any atom is -0.368 e. The molecule has 32 heavy (non-hydrogen) atoms. The number of H-pyrrole nitrogens is 1. The first-order valence-electron chi connectivity index (χ1n) is 9.87. The van der Waals surface area contributed by atoms with Gasteiger partial charge in [0.05, 0.1) is 11.3 Å². The standard InChI is InChI=1S/C21H19F3N6O2/c22-21(23,24)14-5-3-12(4-6-14)15-10-26-20(25)27-18(15)13-2-1-9-30(11-13)19(32)16-7-8-17(31)29-28-16/h3-8,10,13H,1-2,9,11H2,(H,29,31)(H2,25,26,27)/t13-/m1/s1. The number of rotatable bonds is 3. The van der Waals surface area contributed by atoms with Crippen molar-refractivity contribution in [3.63, 3.8) is 0 Å². The Kier molecular flexibility index (Phi) is 5.64. The molecule has 1 aliphatic rings. The van der Waals surface area contributed by atoms with E-state index in [0.29, 0.717) is 42.8 Å². The number of anilines is 1.